The van der Waals surface area contributed by atoms with E-state index in [0.717, 1.165) is 15.5 Å². The molecule has 24 heavy (non-hydrogen) atoms. The fourth-order valence-corrected chi connectivity index (χ4v) is 3.18. The van der Waals surface area contributed by atoms with Gasteiger partial charge in [-0.15, -0.1) is 11.3 Å². The van der Waals surface area contributed by atoms with Crippen LogP contribution < -0.4 is 10.9 Å². The number of nitrogens with one attached hydrogen (secondary N) is 1. The largest absolute Gasteiger partial charge is 0.417 e. The predicted octanol–water partition coefficient (Wildman–Crippen LogP) is 3.44. The van der Waals surface area contributed by atoms with Crippen molar-refractivity contribution in [2.24, 2.45) is 5.92 Å². The molecule has 8 heteroatoms. The van der Waals surface area contributed by atoms with Gasteiger partial charge >= 0.3 is 6.18 Å². The molecule has 2 aromatic rings. The molecule has 0 radical (unpaired) electrons. The van der Waals surface area contributed by atoms with Crippen molar-refractivity contribution in [1.82, 2.24) is 9.88 Å². The Morgan fingerprint density at radius 1 is 1.29 bits per heavy atom. The van der Waals surface area contributed by atoms with E-state index in [2.05, 4.69) is 5.32 Å². The van der Waals surface area contributed by atoms with E-state index in [1.165, 1.54) is 11.3 Å². The SMILES string of the molecule is CC(C)[C@H](NC(=O)Cn1cc(C(F)(F)F)ccc1=O)c1cccs1. The second-order valence-corrected chi connectivity index (χ2v) is 6.67. The molecule has 0 fully saturated rings. The first-order valence-corrected chi connectivity index (χ1v) is 8.17. The number of thiophene rings is 1. The first-order valence-electron chi connectivity index (χ1n) is 7.29. The van der Waals surface area contributed by atoms with Crippen molar-refractivity contribution in [3.8, 4) is 0 Å². The maximum Gasteiger partial charge on any atom is 0.417 e. The molecule has 0 aromatic carbocycles. The van der Waals surface area contributed by atoms with Crippen LogP contribution in [0.5, 0.6) is 0 Å². The van der Waals surface area contributed by atoms with Gasteiger partial charge in [0.2, 0.25) is 5.91 Å². The van der Waals surface area contributed by atoms with Crippen molar-refractivity contribution in [2.45, 2.75) is 32.6 Å². The molecule has 0 aliphatic rings. The van der Waals surface area contributed by atoms with Crippen molar-refractivity contribution >= 4 is 17.2 Å². The molecule has 0 aliphatic carbocycles. The van der Waals surface area contributed by atoms with Gasteiger partial charge in [-0.05, 0) is 23.4 Å². The monoisotopic (exact) mass is 358 g/mol. The molecule has 0 saturated carbocycles. The molecule has 130 valence electrons. The predicted molar refractivity (Wildman–Crippen MR) is 85.7 cm³/mol. The van der Waals surface area contributed by atoms with Gasteiger partial charge in [-0.25, -0.2) is 0 Å². The number of halogens is 3. The molecule has 1 N–H and O–H groups in total. The van der Waals surface area contributed by atoms with Crippen LogP contribution in [0.15, 0.2) is 40.6 Å². The molecule has 2 aromatic heterocycles. The number of nitrogens with zero attached hydrogens (tertiary/aromatic N) is 1. The maximum absolute atomic E-state index is 12.7. The van der Waals surface area contributed by atoms with Gasteiger partial charge in [-0.2, -0.15) is 13.2 Å². The Labute approximate surface area is 140 Å². The zero-order valence-electron chi connectivity index (χ0n) is 13.1. The van der Waals surface area contributed by atoms with Crippen molar-refractivity contribution in [3.05, 3.63) is 56.6 Å². The second-order valence-electron chi connectivity index (χ2n) is 5.69. The van der Waals surface area contributed by atoms with Gasteiger partial charge in [0.1, 0.15) is 6.54 Å². The molecule has 0 bridgehead atoms. The van der Waals surface area contributed by atoms with Crippen LogP contribution in [-0.2, 0) is 17.5 Å². The van der Waals surface area contributed by atoms with Gasteiger partial charge in [0.25, 0.3) is 5.56 Å². The summed E-state index contributed by atoms with van der Waals surface area (Å²) in [5.41, 5.74) is -1.62. The fraction of sp³-hybridized carbons (Fsp3) is 0.375. The average Bonchev–Trinajstić information content (AvgIpc) is 2.99. The number of carbonyl (C=O) groups is 1. The van der Waals surface area contributed by atoms with Crippen molar-refractivity contribution in [2.75, 3.05) is 0 Å². The summed E-state index contributed by atoms with van der Waals surface area (Å²) < 4.78 is 38.9. The summed E-state index contributed by atoms with van der Waals surface area (Å²) in [6.07, 6.45) is -3.90. The Morgan fingerprint density at radius 2 is 2.00 bits per heavy atom. The number of hydrogen-bond donors (Lipinski definition) is 1. The first-order chi connectivity index (χ1) is 11.2. The van der Waals surface area contributed by atoms with Crippen LogP contribution in [0.1, 0.15) is 30.3 Å². The van der Waals surface area contributed by atoms with Crippen molar-refractivity contribution in [1.29, 1.82) is 0 Å². The van der Waals surface area contributed by atoms with E-state index in [1.807, 2.05) is 31.4 Å². The lowest BCUT2D eigenvalue weighted by Crippen LogP contribution is -2.36. The van der Waals surface area contributed by atoms with E-state index in [1.54, 1.807) is 0 Å². The third kappa shape index (κ3) is 4.47. The molecule has 1 amide bonds. The summed E-state index contributed by atoms with van der Waals surface area (Å²) in [5.74, 6) is -0.408. The van der Waals surface area contributed by atoms with E-state index >= 15 is 0 Å². The minimum absolute atomic E-state index is 0.103. The highest BCUT2D eigenvalue weighted by Gasteiger charge is 2.31. The summed E-state index contributed by atoms with van der Waals surface area (Å²) >= 11 is 1.48. The smallest absolute Gasteiger partial charge is 0.347 e. The zero-order chi connectivity index (χ0) is 17.9. The molecule has 2 rings (SSSR count). The summed E-state index contributed by atoms with van der Waals surface area (Å²) in [6, 6.07) is 5.01. The molecule has 2 heterocycles. The van der Waals surface area contributed by atoms with E-state index in [9.17, 15) is 22.8 Å². The van der Waals surface area contributed by atoms with Crippen LogP contribution in [0.25, 0.3) is 0 Å². The topological polar surface area (TPSA) is 51.1 Å². The minimum Gasteiger partial charge on any atom is -0.347 e. The highest BCUT2D eigenvalue weighted by molar-refractivity contribution is 7.10. The minimum atomic E-state index is -4.57. The van der Waals surface area contributed by atoms with Gasteiger partial charge in [-0.3, -0.25) is 9.59 Å². The van der Waals surface area contributed by atoms with Gasteiger partial charge in [0.05, 0.1) is 11.6 Å². The molecular weight excluding hydrogens is 341 g/mol. The Bertz CT molecular complexity index is 751. The number of aromatic nitrogens is 1. The number of rotatable bonds is 5. The number of pyridine rings is 1. The summed E-state index contributed by atoms with van der Waals surface area (Å²) in [7, 11) is 0. The molecule has 1 atom stereocenters. The quantitative estimate of drug-likeness (QED) is 0.890. The number of carbonyl (C=O) groups excluding carboxylic acids is 1. The normalized spacial score (nSPS) is 13.1. The Hall–Kier alpha value is -2.09. The Balaban J connectivity index is 2.16. The Morgan fingerprint density at radius 3 is 2.54 bits per heavy atom. The molecule has 0 unspecified atom stereocenters. The zero-order valence-corrected chi connectivity index (χ0v) is 13.9. The molecule has 0 saturated heterocycles. The van der Waals surface area contributed by atoms with Gasteiger partial charge in [-0.1, -0.05) is 19.9 Å². The lowest BCUT2D eigenvalue weighted by atomic mass is 10.0. The Kier molecular flexibility index (Phi) is 5.48. The van der Waals surface area contributed by atoms with Gasteiger partial charge in [0.15, 0.2) is 0 Å². The van der Waals surface area contributed by atoms with Crippen molar-refractivity contribution in [3.63, 3.8) is 0 Å². The number of hydrogen-bond acceptors (Lipinski definition) is 3. The van der Waals surface area contributed by atoms with Crippen LogP contribution >= 0.6 is 11.3 Å². The van der Waals surface area contributed by atoms with Crippen molar-refractivity contribution < 1.29 is 18.0 Å². The third-order valence-electron chi connectivity index (χ3n) is 3.46. The number of alkyl halides is 3. The summed E-state index contributed by atoms with van der Waals surface area (Å²) in [4.78, 5) is 24.8. The highest BCUT2D eigenvalue weighted by atomic mass is 32.1. The third-order valence-corrected chi connectivity index (χ3v) is 4.41. The lowest BCUT2D eigenvalue weighted by Gasteiger charge is -2.21. The van der Waals surface area contributed by atoms with E-state index in [0.29, 0.717) is 12.3 Å². The molecule has 0 aliphatic heterocycles. The second kappa shape index (κ2) is 7.21. The fourth-order valence-electron chi connectivity index (χ4n) is 2.23. The van der Waals surface area contributed by atoms with Crippen LogP contribution in [0.3, 0.4) is 0 Å². The molecule has 0 spiro atoms. The maximum atomic E-state index is 12.7. The molecular formula is C16H17F3N2O2S. The van der Waals surface area contributed by atoms with E-state index < -0.39 is 29.8 Å². The highest BCUT2D eigenvalue weighted by Crippen LogP contribution is 2.28. The molecule has 4 nitrogen and oxygen atoms in total. The van der Waals surface area contributed by atoms with E-state index in [-0.39, 0.29) is 12.0 Å². The summed E-state index contributed by atoms with van der Waals surface area (Å²) in [5, 5.41) is 4.67. The van der Waals surface area contributed by atoms with Gasteiger partial charge in [0, 0.05) is 17.1 Å². The van der Waals surface area contributed by atoms with Crippen LogP contribution in [0, 0.1) is 5.92 Å². The number of amides is 1. The van der Waals surface area contributed by atoms with Crippen LogP contribution in [0.4, 0.5) is 13.2 Å². The lowest BCUT2D eigenvalue weighted by molar-refractivity contribution is -0.138. The van der Waals surface area contributed by atoms with E-state index in [4.69, 9.17) is 0 Å². The van der Waals surface area contributed by atoms with Crippen LogP contribution in [-0.4, -0.2) is 10.5 Å². The van der Waals surface area contributed by atoms with Crippen LogP contribution in [0.2, 0.25) is 0 Å². The average molecular weight is 358 g/mol. The first kappa shape index (κ1) is 18.3. The van der Waals surface area contributed by atoms with Gasteiger partial charge < -0.3 is 9.88 Å². The summed E-state index contributed by atoms with van der Waals surface area (Å²) in [6.45, 7) is 3.40. The standard InChI is InChI=1S/C16H17F3N2O2S/c1-10(2)15(12-4-3-7-24-12)20-13(22)9-21-8-11(16(17,18)19)5-6-14(21)23/h3-8,10,15H,9H2,1-2H3,(H,20,22)/t15-/m0/s1.